The van der Waals surface area contributed by atoms with Gasteiger partial charge in [-0.05, 0) is 25.7 Å². The average Bonchev–Trinajstić information content (AvgIpc) is 2.89. The Morgan fingerprint density at radius 2 is 1.53 bits per heavy atom. The Morgan fingerprint density at radius 3 is 2.21 bits per heavy atom. The molecular formula is C15H27ClN2O. The molecule has 3 aliphatic rings. The fraction of sp³-hybridized carbons (Fsp3) is 0.933. The van der Waals surface area contributed by atoms with Crippen molar-refractivity contribution in [1.29, 1.82) is 0 Å². The Hall–Kier alpha value is -0.440. The van der Waals surface area contributed by atoms with Crippen molar-refractivity contribution in [3.63, 3.8) is 0 Å². The summed E-state index contributed by atoms with van der Waals surface area (Å²) in [6, 6.07) is 2.23. The maximum Gasteiger partial charge on any atom is 0.288 e. The lowest BCUT2D eigenvalue weighted by molar-refractivity contribution is 0.256. The quantitative estimate of drug-likeness (QED) is 0.772. The molecule has 19 heavy (non-hydrogen) atoms. The van der Waals surface area contributed by atoms with E-state index in [0.717, 1.165) is 19.2 Å². The van der Waals surface area contributed by atoms with Crippen molar-refractivity contribution >= 4 is 18.4 Å². The minimum Gasteiger partial charge on any atom is -0.463 e. The lowest BCUT2D eigenvalue weighted by atomic mass is 9.94. The van der Waals surface area contributed by atoms with Gasteiger partial charge in [-0.1, -0.05) is 38.5 Å². The highest BCUT2D eigenvalue weighted by molar-refractivity contribution is 5.85. The molecule has 0 unspecified atom stereocenters. The van der Waals surface area contributed by atoms with Crippen molar-refractivity contribution in [2.75, 3.05) is 13.2 Å². The van der Waals surface area contributed by atoms with Gasteiger partial charge in [0, 0.05) is 6.04 Å². The van der Waals surface area contributed by atoms with E-state index in [1.807, 2.05) is 0 Å². The van der Waals surface area contributed by atoms with Gasteiger partial charge >= 0.3 is 0 Å². The zero-order valence-corrected chi connectivity index (χ0v) is 12.7. The lowest BCUT2D eigenvalue weighted by Crippen LogP contribution is -2.38. The Labute approximate surface area is 123 Å². The van der Waals surface area contributed by atoms with Crippen molar-refractivity contribution in [2.24, 2.45) is 4.99 Å². The number of hydrogen-bond acceptors (Lipinski definition) is 2. The van der Waals surface area contributed by atoms with Crippen LogP contribution in [-0.4, -0.2) is 36.2 Å². The molecule has 0 aromatic rings. The molecule has 1 aliphatic heterocycles. The number of amidine groups is 1. The summed E-state index contributed by atoms with van der Waals surface area (Å²) in [5.74, 6) is 0. The molecule has 0 atom stereocenters. The van der Waals surface area contributed by atoms with Crippen molar-refractivity contribution < 1.29 is 4.74 Å². The molecule has 3 nitrogen and oxygen atoms in total. The standard InChI is InChI=1S/C15H26N2O.ClH/c1-3-7-13(8-4-1)16-15-17(11-12-18-15)14-9-5-2-6-10-14;/h13-14H,1-12H2;1H. The first-order chi connectivity index (χ1) is 8.93. The topological polar surface area (TPSA) is 24.8 Å². The molecule has 0 aromatic heterocycles. The van der Waals surface area contributed by atoms with E-state index in [0.29, 0.717) is 12.1 Å². The lowest BCUT2D eigenvalue weighted by Gasteiger charge is -2.31. The van der Waals surface area contributed by atoms with Crippen LogP contribution < -0.4 is 0 Å². The first-order valence-electron chi connectivity index (χ1n) is 7.91. The molecule has 3 fully saturated rings. The smallest absolute Gasteiger partial charge is 0.288 e. The van der Waals surface area contributed by atoms with E-state index in [1.54, 1.807) is 0 Å². The summed E-state index contributed by atoms with van der Waals surface area (Å²) in [4.78, 5) is 7.38. The van der Waals surface area contributed by atoms with Gasteiger partial charge in [0.2, 0.25) is 0 Å². The van der Waals surface area contributed by atoms with Crippen molar-refractivity contribution in [2.45, 2.75) is 76.3 Å². The van der Waals surface area contributed by atoms with Gasteiger partial charge < -0.3 is 9.64 Å². The predicted molar refractivity (Wildman–Crippen MR) is 81.1 cm³/mol. The summed E-state index contributed by atoms with van der Waals surface area (Å²) < 4.78 is 5.80. The number of rotatable bonds is 2. The zero-order valence-electron chi connectivity index (χ0n) is 11.9. The molecule has 2 saturated carbocycles. The highest BCUT2D eigenvalue weighted by Gasteiger charge is 2.30. The first-order valence-corrected chi connectivity index (χ1v) is 7.91. The summed E-state index contributed by atoms with van der Waals surface area (Å²) in [6.45, 7) is 1.91. The Morgan fingerprint density at radius 1 is 0.895 bits per heavy atom. The Bertz CT molecular complexity index is 297. The van der Waals surface area contributed by atoms with Crippen LogP contribution in [-0.2, 0) is 4.74 Å². The van der Waals surface area contributed by atoms with Crippen LogP contribution in [0.15, 0.2) is 4.99 Å². The van der Waals surface area contributed by atoms with E-state index in [1.165, 1.54) is 64.2 Å². The molecule has 0 amide bonds. The fourth-order valence-corrected chi connectivity index (χ4v) is 3.62. The molecule has 0 spiro atoms. The van der Waals surface area contributed by atoms with Gasteiger partial charge in [-0.25, -0.2) is 4.99 Å². The molecule has 3 rings (SSSR count). The van der Waals surface area contributed by atoms with E-state index in [2.05, 4.69) is 4.90 Å². The second-order valence-electron chi connectivity index (χ2n) is 6.04. The highest BCUT2D eigenvalue weighted by atomic mass is 35.5. The van der Waals surface area contributed by atoms with E-state index in [4.69, 9.17) is 9.73 Å². The summed E-state index contributed by atoms with van der Waals surface area (Å²) in [6.07, 6.45) is 13.5. The molecule has 0 aromatic carbocycles. The third-order valence-corrected chi connectivity index (χ3v) is 4.69. The van der Waals surface area contributed by atoms with Crippen LogP contribution in [0.5, 0.6) is 0 Å². The Balaban J connectivity index is 0.00000133. The van der Waals surface area contributed by atoms with Gasteiger partial charge in [0.1, 0.15) is 6.61 Å². The van der Waals surface area contributed by atoms with Crippen LogP contribution in [0.25, 0.3) is 0 Å². The van der Waals surface area contributed by atoms with Crippen molar-refractivity contribution in [3.05, 3.63) is 0 Å². The number of nitrogens with zero attached hydrogens (tertiary/aromatic N) is 2. The number of aliphatic imine (C=N–C) groups is 1. The molecule has 0 bridgehead atoms. The molecule has 1 heterocycles. The van der Waals surface area contributed by atoms with Crippen molar-refractivity contribution in [1.82, 2.24) is 4.90 Å². The maximum absolute atomic E-state index is 5.80. The van der Waals surface area contributed by atoms with Gasteiger partial charge in [-0.2, -0.15) is 0 Å². The maximum atomic E-state index is 5.80. The number of halogens is 1. The van der Waals surface area contributed by atoms with Crippen LogP contribution in [0.2, 0.25) is 0 Å². The summed E-state index contributed by atoms with van der Waals surface area (Å²) >= 11 is 0. The molecular weight excluding hydrogens is 260 g/mol. The minimum absolute atomic E-state index is 0. The molecule has 0 radical (unpaired) electrons. The van der Waals surface area contributed by atoms with Gasteiger partial charge in [0.25, 0.3) is 6.02 Å². The van der Waals surface area contributed by atoms with Crippen LogP contribution in [0, 0.1) is 0 Å². The highest BCUT2D eigenvalue weighted by Crippen LogP contribution is 2.26. The first kappa shape index (κ1) is 15.0. The average molecular weight is 287 g/mol. The fourth-order valence-electron chi connectivity index (χ4n) is 3.62. The molecule has 0 N–H and O–H groups in total. The van der Waals surface area contributed by atoms with Gasteiger partial charge in [0.15, 0.2) is 0 Å². The normalized spacial score (nSPS) is 28.2. The van der Waals surface area contributed by atoms with E-state index in [9.17, 15) is 0 Å². The van der Waals surface area contributed by atoms with Gasteiger partial charge in [-0.15, -0.1) is 12.4 Å². The molecule has 110 valence electrons. The monoisotopic (exact) mass is 286 g/mol. The molecule has 2 aliphatic carbocycles. The predicted octanol–water partition coefficient (Wildman–Crippen LogP) is 3.76. The summed E-state index contributed by atoms with van der Waals surface area (Å²) in [5.41, 5.74) is 0. The second-order valence-corrected chi connectivity index (χ2v) is 6.04. The number of ether oxygens (including phenoxy) is 1. The van der Waals surface area contributed by atoms with Crippen LogP contribution >= 0.6 is 12.4 Å². The summed E-state index contributed by atoms with van der Waals surface area (Å²) in [7, 11) is 0. The SMILES string of the molecule is C1CCC(N=C2OCCN2C2CCCCC2)CC1.Cl. The van der Waals surface area contributed by atoms with E-state index >= 15 is 0 Å². The van der Waals surface area contributed by atoms with Crippen LogP contribution in [0.3, 0.4) is 0 Å². The summed E-state index contributed by atoms with van der Waals surface area (Å²) in [5, 5.41) is 0. The molecule has 4 heteroatoms. The van der Waals surface area contributed by atoms with E-state index in [-0.39, 0.29) is 12.4 Å². The third-order valence-electron chi connectivity index (χ3n) is 4.69. The third kappa shape index (κ3) is 3.77. The number of hydrogen-bond donors (Lipinski definition) is 0. The minimum atomic E-state index is 0. The largest absolute Gasteiger partial charge is 0.463 e. The van der Waals surface area contributed by atoms with Crippen LogP contribution in [0.1, 0.15) is 64.2 Å². The molecule has 1 saturated heterocycles. The van der Waals surface area contributed by atoms with Crippen LogP contribution in [0.4, 0.5) is 0 Å². The zero-order chi connectivity index (χ0) is 12.2. The van der Waals surface area contributed by atoms with Gasteiger partial charge in [0.05, 0.1) is 12.6 Å². The van der Waals surface area contributed by atoms with Crippen molar-refractivity contribution in [3.8, 4) is 0 Å². The van der Waals surface area contributed by atoms with Gasteiger partial charge in [-0.3, -0.25) is 0 Å². The second kappa shape index (κ2) is 7.37. The van der Waals surface area contributed by atoms with E-state index < -0.39 is 0 Å². The Kier molecular flexibility index (Phi) is 5.80.